The second kappa shape index (κ2) is 9.54. The Balaban J connectivity index is 1.54. The lowest BCUT2D eigenvalue weighted by Gasteiger charge is -2.26. The number of nitrogens with one attached hydrogen (secondary N) is 1. The van der Waals surface area contributed by atoms with Gasteiger partial charge in [-0.3, -0.25) is 10.3 Å². The summed E-state index contributed by atoms with van der Waals surface area (Å²) in [6.07, 6.45) is -2.80. The molecule has 0 fully saturated rings. The number of hydrogen-bond donors (Lipinski definition) is 1. The molecule has 0 radical (unpaired) electrons. The molecule has 0 amide bonds. The highest BCUT2D eigenvalue weighted by Gasteiger charge is 2.31. The van der Waals surface area contributed by atoms with Crippen molar-refractivity contribution in [3.8, 4) is 11.6 Å². The Morgan fingerprint density at radius 3 is 2.52 bits per heavy atom. The number of halogens is 3. The second-order valence-corrected chi connectivity index (χ2v) is 8.36. The lowest BCUT2D eigenvalue weighted by atomic mass is 10.2. The van der Waals surface area contributed by atoms with Crippen molar-refractivity contribution >= 4 is 10.0 Å². The van der Waals surface area contributed by atoms with Gasteiger partial charge in [0.2, 0.25) is 15.9 Å². The highest BCUT2D eigenvalue weighted by atomic mass is 32.2. The molecule has 0 spiro atoms. The molecule has 8 nitrogen and oxygen atoms in total. The van der Waals surface area contributed by atoms with Crippen LogP contribution in [0.5, 0.6) is 11.6 Å². The third-order valence-corrected chi connectivity index (χ3v) is 6.16. The van der Waals surface area contributed by atoms with E-state index in [1.54, 1.807) is 24.3 Å². The van der Waals surface area contributed by atoms with E-state index in [1.807, 2.05) is 0 Å². The van der Waals surface area contributed by atoms with Crippen LogP contribution in [-0.4, -0.2) is 44.3 Å². The van der Waals surface area contributed by atoms with Gasteiger partial charge in [0.05, 0.1) is 17.7 Å². The van der Waals surface area contributed by atoms with Gasteiger partial charge in [-0.1, -0.05) is 6.07 Å². The zero-order valence-electron chi connectivity index (χ0n) is 16.4. The summed E-state index contributed by atoms with van der Waals surface area (Å²) in [5.74, 6) is -0.0176. The third kappa shape index (κ3) is 6.32. The van der Waals surface area contributed by atoms with E-state index in [9.17, 15) is 21.6 Å². The van der Waals surface area contributed by atoms with E-state index in [4.69, 9.17) is 9.57 Å². The quantitative estimate of drug-likeness (QED) is 0.607. The molecule has 12 heteroatoms. The van der Waals surface area contributed by atoms with Crippen molar-refractivity contribution in [2.45, 2.75) is 24.3 Å². The van der Waals surface area contributed by atoms with Gasteiger partial charge in [-0.25, -0.2) is 13.4 Å². The van der Waals surface area contributed by atoms with Crippen LogP contribution in [0.3, 0.4) is 0 Å². The van der Waals surface area contributed by atoms with Crippen LogP contribution in [0, 0.1) is 0 Å². The van der Waals surface area contributed by atoms with E-state index in [-0.39, 0.29) is 24.6 Å². The number of benzene rings is 1. The maximum absolute atomic E-state index is 12.7. The van der Waals surface area contributed by atoms with Crippen molar-refractivity contribution in [3.05, 3.63) is 59.9 Å². The zero-order valence-corrected chi connectivity index (χ0v) is 17.2. The first-order chi connectivity index (χ1) is 14.7. The Kier molecular flexibility index (Phi) is 7.03. The van der Waals surface area contributed by atoms with Crippen LogP contribution in [-0.2, 0) is 21.5 Å². The smallest absolute Gasteiger partial charge is 0.481 e. The summed E-state index contributed by atoms with van der Waals surface area (Å²) in [6, 6.07) is 9.37. The average molecular weight is 459 g/mol. The predicted octanol–water partition coefficient (Wildman–Crippen LogP) is 2.99. The molecule has 1 aromatic carbocycles. The molecule has 2 heterocycles. The molecule has 1 aliphatic heterocycles. The Bertz CT molecular complexity index is 1030. The summed E-state index contributed by atoms with van der Waals surface area (Å²) < 4.78 is 72.2. The number of alkyl halides is 3. The summed E-state index contributed by atoms with van der Waals surface area (Å²) >= 11 is 0. The predicted molar refractivity (Wildman–Crippen MR) is 103 cm³/mol. The van der Waals surface area contributed by atoms with Crippen molar-refractivity contribution in [3.63, 3.8) is 0 Å². The highest BCUT2D eigenvalue weighted by molar-refractivity contribution is 7.89. The molecule has 168 valence electrons. The molecule has 0 saturated heterocycles. The van der Waals surface area contributed by atoms with Gasteiger partial charge in [-0.15, -0.1) is 13.2 Å². The maximum Gasteiger partial charge on any atom is 0.573 e. The molecule has 3 rings (SSSR count). The number of methoxy groups -OCH3 is 1. The standard InChI is InChI=1S/C19H20F3N3O5S/c1-28-18-4-2-3-15(23-18)13-29-24-14-9-11-25(12-10-14)31(26,27)17-7-5-16(6-8-17)30-19(20,21)22/h2-9,24H,10-13H2,1H3. The van der Waals surface area contributed by atoms with Crippen LogP contribution >= 0.6 is 0 Å². The molecule has 31 heavy (non-hydrogen) atoms. The number of sulfonamides is 1. The number of rotatable bonds is 8. The highest BCUT2D eigenvalue weighted by Crippen LogP contribution is 2.26. The summed E-state index contributed by atoms with van der Waals surface area (Å²) in [7, 11) is -2.34. The maximum atomic E-state index is 12.7. The fourth-order valence-electron chi connectivity index (χ4n) is 2.78. The van der Waals surface area contributed by atoms with Gasteiger partial charge in [0, 0.05) is 31.3 Å². The van der Waals surface area contributed by atoms with Crippen molar-refractivity contribution < 1.29 is 35.9 Å². The van der Waals surface area contributed by atoms with Crippen LogP contribution in [0.25, 0.3) is 0 Å². The molecule has 0 atom stereocenters. The summed E-state index contributed by atoms with van der Waals surface area (Å²) in [4.78, 5) is 9.50. The fourth-order valence-corrected chi connectivity index (χ4v) is 4.16. The minimum Gasteiger partial charge on any atom is -0.481 e. The molecule has 1 N–H and O–H groups in total. The molecule has 2 aromatic rings. The van der Waals surface area contributed by atoms with Crippen molar-refractivity contribution in [1.29, 1.82) is 0 Å². The van der Waals surface area contributed by atoms with Crippen molar-refractivity contribution in [2.75, 3.05) is 20.2 Å². The van der Waals surface area contributed by atoms with Gasteiger partial charge < -0.3 is 9.47 Å². The number of ether oxygens (including phenoxy) is 2. The Hall–Kier alpha value is -2.83. The second-order valence-electron chi connectivity index (χ2n) is 6.42. The van der Waals surface area contributed by atoms with Crippen LogP contribution in [0.2, 0.25) is 0 Å². The lowest BCUT2D eigenvalue weighted by Crippen LogP contribution is -2.36. The van der Waals surface area contributed by atoms with E-state index < -0.39 is 22.1 Å². The molecular formula is C19H20F3N3O5S. The molecule has 1 aromatic heterocycles. The van der Waals surface area contributed by atoms with E-state index in [0.29, 0.717) is 23.7 Å². The minimum absolute atomic E-state index is 0.0895. The van der Waals surface area contributed by atoms with Gasteiger partial charge in [0.15, 0.2) is 0 Å². The summed E-state index contributed by atoms with van der Waals surface area (Å²) in [5, 5.41) is 0. The van der Waals surface area contributed by atoms with Gasteiger partial charge in [0.25, 0.3) is 0 Å². The monoisotopic (exact) mass is 459 g/mol. The van der Waals surface area contributed by atoms with Gasteiger partial charge in [-0.05, 0) is 36.4 Å². The minimum atomic E-state index is -4.84. The first-order valence-electron chi connectivity index (χ1n) is 9.10. The normalized spacial score (nSPS) is 15.3. The molecule has 0 unspecified atom stereocenters. The average Bonchev–Trinajstić information content (AvgIpc) is 2.73. The first kappa shape index (κ1) is 22.8. The van der Waals surface area contributed by atoms with E-state index >= 15 is 0 Å². The van der Waals surface area contributed by atoms with Gasteiger partial charge in [-0.2, -0.15) is 4.31 Å². The lowest BCUT2D eigenvalue weighted by molar-refractivity contribution is -0.274. The SMILES string of the molecule is COc1cccc(CONC2=CCN(S(=O)(=O)c3ccc(OC(F)(F)F)cc3)CC2)n1. The van der Waals surface area contributed by atoms with E-state index in [0.717, 1.165) is 24.3 Å². The molecule has 1 aliphatic rings. The fraction of sp³-hybridized carbons (Fsp3) is 0.316. The van der Waals surface area contributed by atoms with Gasteiger partial charge >= 0.3 is 6.36 Å². The summed E-state index contributed by atoms with van der Waals surface area (Å²) in [6.45, 7) is 0.456. The van der Waals surface area contributed by atoms with Crippen molar-refractivity contribution in [2.24, 2.45) is 0 Å². The van der Waals surface area contributed by atoms with Crippen molar-refractivity contribution in [1.82, 2.24) is 14.8 Å². The number of hydroxylamine groups is 1. The molecular weight excluding hydrogens is 439 g/mol. The van der Waals surface area contributed by atoms with Crippen LogP contribution < -0.4 is 15.0 Å². The first-order valence-corrected chi connectivity index (χ1v) is 10.5. The van der Waals surface area contributed by atoms with Crippen LogP contribution in [0.15, 0.2) is 59.1 Å². The Morgan fingerprint density at radius 1 is 1.16 bits per heavy atom. The van der Waals surface area contributed by atoms with E-state index in [2.05, 4.69) is 15.2 Å². The number of hydrogen-bond acceptors (Lipinski definition) is 7. The van der Waals surface area contributed by atoms with E-state index in [1.165, 1.54) is 11.4 Å². The number of aromatic nitrogens is 1. The number of pyridine rings is 1. The largest absolute Gasteiger partial charge is 0.573 e. The molecule has 0 saturated carbocycles. The molecule has 0 bridgehead atoms. The Labute approximate surface area is 177 Å². The Morgan fingerprint density at radius 2 is 1.90 bits per heavy atom. The topological polar surface area (TPSA) is 90.0 Å². The van der Waals surface area contributed by atoms with Gasteiger partial charge in [0.1, 0.15) is 12.4 Å². The zero-order chi connectivity index (χ0) is 22.5. The van der Waals surface area contributed by atoms with Crippen LogP contribution in [0.1, 0.15) is 12.1 Å². The third-order valence-electron chi connectivity index (χ3n) is 4.28. The van der Waals surface area contributed by atoms with Crippen LogP contribution in [0.4, 0.5) is 13.2 Å². The summed E-state index contributed by atoms with van der Waals surface area (Å²) in [5.41, 5.74) is 4.15. The number of nitrogens with zero attached hydrogens (tertiary/aromatic N) is 2. The molecule has 0 aliphatic carbocycles.